The number of halogens is 1. The van der Waals surface area contributed by atoms with Crippen molar-refractivity contribution in [3.05, 3.63) is 28.2 Å². The van der Waals surface area contributed by atoms with Gasteiger partial charge < -0.3 is 15.3 Å². The Bertz CT molecular complexity index is 545. The van der Waals surface area contributed by atoms with Gasteiger partial charge in [0.15, 0.2) is 0 Å². The fourth-order valence-corrected chi connectivity index (χ4v) is 2.44. The summed E-state index contributed by atoms with van der Waals surface area (Å²) in [4.78, 5) is 25.2. The summed E-state index contributed by atoms with van der Waals surface area (Å²) < 4.78 is 0.790. The Balaban J connectivity index is 2.15. The van der Waals surface area contributed by atoms with E-state index in [1.807, 2.05) is 13.8 Å². The van der Waals surface area contributed by atoms with Crippen molar-refractivity contribution >= 4 is 33.3 Å². The summed E-state index contributed by atoms with van der Waals surface area (Å²) in [5.74, 6) is -1.10. The van der Waals surface area contributed by atoms with E-state index in [2.05, 4.69) is 21.2 Å². The van der Waals surface area contributed by atoms with Crippen LogP contribution in [0.15, 0.2) is 22.7 Å². The van der Waals surface area contributed by atoms with Crippen molar-refractivity contribution < 1.29 is 14.7 Å². The predicted molar refractivity (Wildman–Crippen MR) is 80.0 cm³/mol. The zero-order valence-electron chi connectivity index (χ0n) is 11.4. The standard InChI is InChI=1S/C14H17BrN2O3/c1-8(2)16-6-10(18)7-17-12-5-9(15)3-4-11(12)13(19)14(17)20/h3-5,8,10,16,18H,6-7H2,1-2H3. The number of carbonyl (C=O) groups is 2. The molecule has 0 fully saturated rings. The van der Waals surface area contributed by atoms with Gasteiger partial charge in [0.2, 0.25) is 0 Å². The second kappa shape index (κ2) is 6.03. The molecule has 0 saturated heterocycles. The van der Waals surface area contributed by atoms with E-state index >= 15 is 0 Å². The molecular formula is C14H17BrN2O3. The van der Waals surface area contributed by atoms with Crippen LogP contribution >= 0.6 is 15.9 Å². The molecule has 1 atom stereocenters. The summed E-state index contributed by atoms with van der Waals surface area (Å²) in [5, 5.41) is 13.1. The van der Waals surface area contributed by atoms with Crippen LogP contribution in [-0.2, 0) is 4.79 Å². The molecule has 0 aromatic heterocycles. The second-order valence-electron chi connectivity index (χ2n) is 5.12. The summed E-state index contributed by atoms with van der Waals surface area (Å²) >= 11 is 3.32. The molecule has 0 aliphatic carbocycles. The van der Waals surface area contributed by atoms with Crippen LogP contribution in [0.1, 0.15) is 24.2 Å². The van der Waals surface area contributed by atoms with Crippen LogP contribution in [0.3, 0.4) is 0 Å². The van der Waals surface area contributed by atoms with Gasteiger partial charge >= 0.3 is 0 Å². The van der Waals surface area contributed by atoms with Crippen LogP contribution in [0.5, 0.6) is 0 Å². The molecule has 0 bridgehead atoms. The first kappa shape index (κ1) is 15.2. The quantitative estimate of drug-likeness (QED) is 0.793. The lowest BCUT2D eigenvalue weighted by Crippen LogP contribution is -2.42. The van der Waals surface area contributed by atoms with Gasteiger partial charge in [0.1, 0.15) is 0 Å². The van der Waals surface area contributed by atoms with Gasteiger partial charge in [-0.05, 0) is 18.2 Å². The van der Waals surface area contributed by atoms with E-state index in [1.54, 1.807) is 18.2 Å². The van der Waals surface area contributed by atoms with E-state index < -0.39 is 17.8 Å². The van der Waals surface area contributed by atoms with Gasteiger partial charge in [0.05, 0.1) is 23.9 Å². The second-order valence-corrected chi connectivity index (χ2v) is 6.04. The number of hydrogen-bond acceptors (Lipinski definition) is 4. The molecule has 2 rings (SSSR count). The molecule has 1 unspecified atom stereocenters. The van der Waals surface area contributed by atoms with Gasteiger partial charge in [0.25, 0.3) is 11.7 Å². The highest BCUT2D eigenvalue weighted by atomic mass is 79.9. The number of aliphatic hydroxyl groups is 1. The number of hydrogen-bond donors (Lipinski definition) is 2. The third-order valence-electron chi connectivity index (χ3n) is 3.09. The summed E-state index contributed by atoms with van der Waals surface area (Å²) in [6.45, 7) is 4.43. The summed E-state index contributed by atoms with van der Waals surface area (Å²) in [6.07, 6.45) is -0.723. The molecule has 1 aliphatic rings. The summed E-state index contributed by atoms with van der Waals surface area (Å²) in [5.41, 5.74) is 0.945. The van der Waals surface area contributed by atoms with E-state index in [0.29, 0.717) is 17.8 Å². The topological polar surface area (TPSA) is 69.6 Å². The van der Waals surface area contributed by atoms with Crippen LogP contribution < -0.4 is 10.2 Å². The van der Waals surface area contributed by atoms with Gasteiger partial charge in [-0.25, -0.2) is 0 Å². The first-order valence-electron chi connectivity index (χ1n) is 6.47. The fraction of sp³-hybridized carbons (Fsp3) is 0.429. The number of β-amino-alcohol motifs (C(OH)–C–C–N with tert-alkyl or cyclic N) is 1. The number of nitrogens with zero attached hydrogens (tertiary/aromatic N) is 1. The molecule has 5 nitrogen and oxygen atoms in total. The average molecular weight is 341 g/mol. The zero-order valence-corrected chi connectivity index (χ0v) is 13.0. The molecule has 1 heterocycles. The normalized spacial score (nSPS) is 15.9. The molecule has 0 spiro atoms. The third kappa shape index (κ3) is 3.08. The Kier molecular flexibility index (Phi) is 4.57. The third-order valence-corrected chi connectivity index (χ3v) is 3.58. The minimum Gasteiger partial charge on any atom is -0.390 e. The van der Waals surface area contributed by atoms with Crippen LogP contribution in [-0.4, -0.2) is 42.0 Å². The number of fused-ring (bicyclic) bond motifs is 1. The van der Waals surface area contributed by atoms with Crippen molar-refractivity contribution in [1.82, 2.24) is 5.32 Å². The van der Waals surface area contributed by atoms with Crippen LogP contribution in [0, 0.1) is 0 Å². The maximum absolute atomic E-state index is 12.0. The Morgan fingerprint density at radius 3 is 2.70 bits per heavy atom. The first-order valence-corrected chi connectivity index (χ1v) is 7.26. The largest absolute Gasteiger partial charge is 0.390 e. The molecule has 1 aromatic carbocycles. The van der Waals surface area contributed by atoms with Crippen LogP contribution in [0.25, 0.3) is 0 Å². The molecule has 1 aromatic rings. The molecule has 20 heavy (non-hydrogen) atoms. The number of amides is 1. The molecule has 0 saturated carbocycles. The van der Waals surface area contributed by atoms with E-state index in [0.717, 1.165) is 4.47 Å². The number of Topliss-reactive ketones (excluding diaryl/α,β-unsaturated/α-hetero) is 1. The van der Waals surface area contributed by atoms with Crippen molar-refractivity contribution in [1.29, 1.82) is 0 Å². The van der Waals surface area contributed by atoms with E-state index in [-0.39, 0.29) is 12.6 Å². The Morgan fingerprint density at radius 1 is 1.35 bits per heavy atom. The Labute approximate surface area is 126 Å². The number of aliphatic hydroxyl groups excluding tert-OH is 1. The van der Waals surface area contributed by atoms with E-state index in [9.17, 15) is 14.7 Å². The van der Waals surface area contributed by atoms with E-state index in [1.165, 1.54) is 4.90 Å². The van der Waals surface area contributed by atoms with Gasteiger partial charge in [-0.1, -0.05) is 29.8 Å². The highest BCUT2D eigenvalue weighted by Crippen LogP contribution is 2.31. The van der Waals surface area contributed by atoms with Crippen molar-refractivity contribution in [2.24, 2.45) is 0 Å². The average Bonchev–Trinajstić information content (AvgIpc) is 2.61. The number of benzene rings is 1. The Morgan fingerprint density at radius 2 is 2.05 bits per heavy atom. The maximum atomic E-state index is 12.0. The number of rotatable bonds is 5. The Hall–Kier alpha value is -1.24. The van der Waals surface area contributed by atoms with Crippen LogP contribution in [0.2, 0.25) is 0 Å². The summed E-state index contributed by atoms with van der Waals surface area (Å²) in [7, 11) is 0. The van der Waals surface area contributed by atoms with Gasteiger partial charge in [-0.3, -0.25) is 9.59 Å². The van der Waals surface area contributed by atoms with Crippen molar-refractivity contribution in [3.63, 3.8) is 0 Å². The van der Waals surface area contributed by atoms with Gasteiger partial charge in [-0.15, -0.1) is 0 Å². The molecule has 1 amide bonds. The number of anilines is 1. The zero-order chi connectivity index (χ0) is 14.9. The molecule has 108 valence electrons. The fourth-order valence-electron chi connectivity index (χ4n) is 2.10. The van der Waals surface area contributed by atoms with Gasteiger partial charge in [-0.2, -0.15) is 0 Å². The lowest BCUT2D eigenvalue weighted by molar-refractivity contribution is -0.114. The number of ketones is 1. The molecular weight excluding hydrogens is 324 g/mol. The lowest BCUT2D eigenvalue weighted by atomic mass is 10.1. The minimum absolute atomic E-state index is 0.105. The molecule has 6 heteroatoms. The monoisotopic (exact) mass is 340 g/mol. The van der Waals surface area contributed by atoms with Crippen molar-refractivity contribution in [3.8, 4) is 0 Å². The number of carbonyl (C=O) groups excluding carboxylic acids is 2. The minimum atomic E-state index is -0.723. The van der Waals surface area contributed by atoms with Gasteiger partial charge in [0, 0.05) is 17.1 Å². The predicted octanol–water partition coefficient (Wildman–Crippen LogP) is 1.34. The molecule has 1 aliphatic heterocycles. The molecule has 2 N–H and O–H groups in total. The van der Waals surface area contributed by atoms with Crippen molar-refractivity contribution in [2.75, 3.05) is 18.0 Å². The lowest BCUT2D eigenvalue weighted by Gasteiger charge is -2.21. The number of nitrogens with one attached hydrogen (secondary N) is 1. The highest BCUT2D eigenvalue weighted by Gasteiger charge is 2.36. The highest BCUT2D eigenvalue weighted by molar-refractivity contribution is 9.10. The maximum Gasteiger partial charge on any atom is 0.299 e. The van der Waals surface area contributed by atoms with E-state index in [4.69, 9.17) is 0 Å². The SMILES string of the molecule is CC(C)NCC(O)CN1C(=O)C(=O)c2ccc(Br)cc21. The summed E-state index contributed by atoms with van der Waals surface area (Å²) in [6, 6.07) is 5.32. The smallest absolute Gasteiger partial charge is 0.299 e. The van der Waals surface area contributed by atoms with Crippen molar-refractivity contribution in [2.45, 2.75) is 26.0 Å². The van der Waals surface area contributed by atoms with Crippen LogP contribution in [0.4, 0.5) is 5.69 Å². The molecule has 0 radical (unpaired) electrons. The first-order chi connectivity index (χ1) is 9.40.